The molecule has 2 heterocycles. The van der Waals surface area contributed by atoms with Crippen molar-refractivity contribution in [1.82, 2.24) is 30.0 Å². The van der Waals surface area contributed by atoms with E-state index in [4.69, 9.17) is 26.7 Å². The molecule has 44 heavy (non-hydrogen) atoms. The molecule has 0 bridgehead atoms. The second kappa shape index (κ2) is 15.8. The van der Waals surface area contributed by atoms with Crippen LogP contribution in [-0.4, -0.2) is 62.8 Å². The van der Waals surface area contributed by atoms with E-state index < -0.39 is 0 Å². The van der Waals surface area contributed by atoms with Gasteiger partial charge >= 0.3 is 0 Å². The van der Waals surface area contributed by atoms with Crippen molar-refractivity contribution in [2.45, 2.75) is 38.5 Å². The molecule has 11 heteroatoms. The number of rotatable bonds is 17. The first-order valence-electron chi connectivity index (χ1n) is 15.2. The van der Waals surface area contributed by atoms with Crippen LogP contribution >= 0.6 is 0 Å². The van der Waals surface area contributed by atoms with E-state index in [1.165, 1.54) is 5.56 Å². The summed E-state index contributed by atoms with van der Waals surface area (Å²) >= 11 is 0. The highest BCUT2D eigenvalue weighted by Crippen LogP contribution is 2.29. The molecule has 0 amide bonds. The molecule has 0 fully saturated rings. The lowest BCUT2D eigenvalue weighted by Gasteiger charge is -2.08. The van der Waals surface area contributed by atoms with Gasteiger partial charge in [0, 0.05) is 23.3 Å². The van der Waals surface area contributed by atoms with Gasteiger partial charge in [-0.25, -0.2) is 9.36 Å². The van der Waals surface area contributed by atoms with Crippen molar-refractivity contribution in [1.29, 1.82) is 0 Å². The Labute approximate surface area is 258 Å². The summed E-state index contributed by atoms with van der Waals surface area (Å²) < 4.78 is 15.2. The van der Waals surface area contributed by atoms with E-state index in [-0.39, 0.29) is 0 Å². The molecule has 3 aromatic carbocycles. The zero-order valence-corrected chi connectivity index (χ0v) is 25.0. The van der Waals surface area contributed by atoms with E-state index in [1.54, 1.807) is 9.36 Å². The van der Waals surface area contributed by atoms with Crippen molar-refractivity contribution < 1.29 is 9.47 Å². The molecule has 6 N–H and O–H groups in total. The van der Waals surface area contributed by atoms with Crippen molar-refractivity contribution in [3.8, 4) is 45.4 Å². The minimum atomic E-state index is 0.571. The van der Waals surface area contributed by atoms with Crippen molar-refractivity contribution >= 4 is 0 Å². The SMILES string of the molecule is NCCCCCc1cc(-c2cn(-c3cccc(OCCCN)c3)nn2)cc(-c2cn(-c3cccc(OCCCN)c3)nn2)c1. The van der Waals surface area contributed by atoms with Crippen LogP contribution in [0.4, 0.5) is 0 Å². The number of hydrogen-bond donors (Lipinski definition) is 3. The highest BCUT2D eigenvalue weighted by atomic mass is 16.5. The number of nitrogens with zero attached hydrogens (tertiary/aromatic N) is 6. The number of nitrogens with two attached hydrogens (primary N) is 3. The molecule has 230 valence electrons. The first kappa shape index (κ1) is 30.9. The van der Waals surface area contributed by atoms with Crippen LogP contribution in [0.25, 0.3) is 33.9 Å². The van der Waals surface area contributed by atoms with Crippen LogP contribution in [0.2, 0.25) is 0 Å². The summed E-state index contributed by atoms with van der Waals surface area (Å²) in [6.07, 6.45) is 9.53. The molecule has 0 aliphatic rings. The van der Waals surface area contributed by atoms with Gasteiger partial charge in [0.2, 0.25) is 0 Å². The fourth-order valence-corrected chi connectivity index (χ4v) is 4.81. The monoisotopic (exact) mass is 595 g/mol. The topological polar surface area (TPSA) is 158 Å². The Morgan fingerprint density at radius 3 is 1.59 bits per heavy atom. The van der Waals surface area contributed by atoms with Gasteiger partial charge in [-0.15, -0.1) is 10.2 Å². The Balaban J connectivity index is 1.41. The summed E-state index contributed by atoms with van der Waals surface area (Å²) in [6, 6.07) is 22.0. The predicted octanol–water partition coefficient (Wildman–Crippen LogP) is 4.31. The number of benzene rings is 3. The lowest BCUT2D eigenvalue weighted by Crippen LogP contribution is -2.06. The summed E-state index contributed by atoms with van der Waals surface area (Å²) in [4.78, 5) is 0. The van der Waals surface area contributed by atoms with E-state index in [0.29, 0.717) is 32.8 Å². The average Bonchev–Trinajstić information content (AvgIpc) is 3.75. The third kappa shape index (κ3) is 8.28. The van der Waals surface area contributed by atoms with Gasteiger partial charge in [0.15, 0.2) is 0 Å². The molecule has 0 aliphatic carbocycles. The largest absolute Gasteiger partial charge is 0.493 e. The van der Waals surface area contributed by atoms with Gasteiger partial charge in [0.1, 0.15) is 22.9 Å². The van der Waals surface area contributed by atoms with Gasteiger partial charge in [-0.05, 0) is 99.8 Å². The Hall–Kier alpha value is -4.58. The van der Waals surface area contributed by atoms with Crippen molar-refractivity contribution in [2.24, 2.45) is 17.2 Å². The molecule has 0 aliphatic heterocycles. The molecule has 0 spiro atoms. The molecule has 5 aromatic rings. The van der Waals surface area contributed by atoms with Crippen LogP contribution in [0.5, 0.6) is 11.5 Å². The van der Waals surface area contributed by atoms with Gasteiger partial charge in [-0.1, -0.05) is 29.0 Å². The maximum Gasteiger partial charge on any atom is 0.121 e. The highest BCUT2D eigenvalue weighted by molar-refractivity contribution is 5.70. The normalized spacial score (nSPS) is 11.2. The van der Waals surface area contributed by atoms with Gasteiger partial charge in [-0.3, -0.25) is 0 Å². The Morgan fingerprint density at radius 2 is 1.09 bits per heavy atom. The van der Waals surface area contributed by atoms with Gasteiger partial charge in [-0.2, -0.15) is 0 Å². The third-order valence-corrected chi connectivity index (χ3v) is 7.14. The van der Waals surface area contributed by atoms with E-state index in [2.05, 4.69) is 38.8 Å². The Bertz CT molecular complexity index is 1500. The lowest BCUT2D eigenvalue weighted by atomic mass is 9.98. The minimum Gasteiger partial charge on any atom is -0.493 e. The molecule has 0 unspecified atom stereocenters. The Morgan fingerprint density at radius 1 is 0.568 bits per heavy atom. The number of aryl methyl sites for hydroxylation is 1. The first-order valence-corrected chi connectivity index (χ1v) is 15.2. The highest BCUT2D eigenvalue weighted by Gasteiger charge is 2.13. The van der Waals surface area contributed by atoms with Crippen LogP contribution in [0, 0.1) is 0 Å². The summed E-state index contributed by atoms with van der Waals surface area (Å²) in [7, 11) is 0. The molecular formula is C33H41N9O2. The smallest absolute Gasteiger partial charge is 0.121 e. The first-order chi connectivity index (χ1) is 21.7. The molecule has 0 saturated carbocycles. The molecule has 0 atom stereocenters. The van der Waals surface area contributed by atoms with E-state index in [0.717, 1.165) is 83.9 Å². The van der Waals surface area contributed by atoms with Crippen LogP contribution in [-0.2, 0) is 6.42 Å². The molecule has 11 nitrogen and oxygen atoms in total. The predicted molar refractivity (Wildman–Crippen MR) is 172 cm³/mol. The average molecular weight is 596 g/mol. The van der Waals surface area contributed by atoms with Gasteiger partial charge in [0.05, 0.1) is 37.0 Å². The Kier molecular flexibility index (Phi) is 11.1. The third-order valence-electron chi connectivity index (χ3n) is 7.14. The fourth-order valence-electron chi connectivity index (χ4n) is 4.81. The molecule has 0 radical (unpaired) electrons. The zero-order valence-electron chi connectivity index (χ0n) is 25.0. The fraction of sp³-hybridized carbons (Fsp3) is 0.333. The molecule has 2 aromatic heterocycles. The van der Waals surface area contributed by atoms with Crippen molar-refractivity contribution in [3.05, 3.63) is 84.7 Å². The standard InChI is InChI=1S/C33H41N9O2/c34-13-3-1-2-8-25-18-26(32-23-41(39-37-32)28-9-4-11-30(21-28)43-16-6-14-35)20-27(19-25)33-24-42(40-38-33)29-10-5-12-31(22-29)44-17-7-15-36/h4-5,9-12,18-24H,1-3,6-8,13-17,34-36H2. The van der Waals surface area contributed by atoms with Crippen molar-refractivity contribution in [3.63, 3.8) is 0 Å². The van der Waals surface area contributed by atoms with Crippen LogP contribution in [0.1, 0.15) is 37.7 Å². The van der Waals surface area contributed by atoms with E-state index in [9.17, 15) is 0 Å². The van der Waals surface area contributed by atoms with Crippen molar-refractivity contribution in [2.75, 3.05) is 32.8 Å². The quantitative estimate of drug-likeness (QED) is 0.133. The summed E-state index contributed by atoms with van der Waals surface area (Å²) in [5.74, 6) is 1.54. The van der Waals surface area contributed by atoms with Crippen LogP contribution in [0.3, 0.4) is 0 Å². The number of aromatic nitrogens is 6. The van der Waals surface area contributed by atoms with Gasteiger partial charge in [0.25, 0.3) is 0 Å². The van der Waals surface area contributed by atoms with Crippen LogP contribution < -0.4 is 26.7 Å². The summed E-state index contributed by atoms with van der Waals surface area (Å²) in [5, 5.41) is 17.9. The summed E-state index contributed by atoms with van der Waals surface area (Å²) in [5.41, 5.74) is 23.3. The van der Waals surface area contributed by atoms with Gasteiger partial charge < -0.3 is 26.7 Å². The number of unbranched alkanes of at least 4 members (excludes halogenated alkanes) is 2. The lowest BCUT2D eigenvalue weighted by molar-refractivity contribution is 0.313. The van der Waals surface area contributed by atoms with Crippen LogP contribution in [0.15, 0.2) is 79.1 Å². The second-order valence-electron chi connectivity index (χ2n) is 10.6. The maximum absolute atomic E-state index is 5.82. The molecule has 5 rings (SSSR count). The summed E-state index contributed by atoms with van der Waals surface area (Å²) in [6.45, 7) is 3.03. The molecule has 0 saturated heterocycles. The van der Waals surface area contributed by atoms with E-state index in [1.807, 2.05) is 60.9 Å². The minimum absolute atomic E-state index is 0.571. The zero-order chi connectivity index (χ0) is 30.6. The molecular weight excluding hydrogens is 554 g/mol. The maximum atomic E-state index is 5.82. The number of hydrogen-bond acceptors (Lipinski definition) is 9. The number of ether oxygens (including phenoxy) is 2. The second-order valence-corrected chi connectivity index (χ2v) is 10.6. The van der Waals surface area contributed by atoms with E-state index >= 15 is 0 Å².